The van der Waals surface area contributed by atoms with Crippen molar-refractivity contribution in [3.05, 3.63) is 40.1 Å². The lowest BCUT2D eigenvalue weighted by molar-refractivity contribution is 0.300. The number of aromatic nitrogens is 1. The van der Waals surface area contributed by atoms with Crippen molar-refractivity contribution in [3.63, 3.8) is 0 Å². The van der Waals surface area contributed by atoms with Gasteiger partial charge in [0.15, 0.2) is 0 Å². The molecule has 0 bridgehead atoms. The zero-order chi connectivity index (χ0) is 11.5. The summed E-state index contributed by atoms with van der Waals surface area (Å²) in [5, 5.41) is 9.72. The van der Waals surface area contributed by atoms with Gasteiger partial charge in [0.1, 0.15) is 16.0 Å². The summed E-state index contributed by atoms with van der Waals surface area (Å²) in [5.74, 6) is -0.316. The van der Waals surface area contributed by atoms with Crippen LogP contribution >= 0.6 is 22.9 Å². The number of hydrogen-bond donors (Lipinski definition) is 1. The maximum atomic E-state index is 13.5. The third kappa shape index (κ3) is 2.24. The van der Waals surface area contributed by atoms with E-state index < -0.39 is 0 Å². The van der Waals surface area contributed by atoms with Gasteiger partial charge >= 0.3 is 0 Å². The molecule has 84 valence electrons. The van der Waals surface area contributed by atoms with Crippen LogP contribution in [0.3, 0.4) is 0 Å². The molecule has 0 atom stereocenters. The van der Waals surface area contributed by atoms with Crippen LogP contribution in [-0.4, -0.2) is 16.7 Å². The minimum atomic E-state index is -0.316. The number of rotatable bonds is 3. The first-order chi connectivity index (χ1) is 7.72. The first-order valence-corrected chi connectivity index (χ1v) is 5.93. The van der Waals surface area contributed by atoms with Gasteiger partial charge < -0.3 is 5.11 Å². The fourth-order valence-corrected chi connectivity index (χ4v) is 2.65. The molecule has 2 nitrogen and oxygen atoms in total. The van der Waals surface area contributed by atoms with E-state index in [0.717, 1.165) is 4.88 Å². The van der Waals surface area contributed by atoms with Gasteiger partial charge in [-0.15, -0.1) is 11.3 Å². The molecule has 0 aliphatic heterocycles. The Labute approximate surface area is 101 Å². The number of aliphatic hydroxyl groups excluding tert-OH is 1. The zero-order valence-electron chi connectivity index (χ0n) is 8.28. The summed E-state index contributed by atoms with van der Waals surface area (Å²) < 4.78 is 13.5. The van der Waals surface area contributed by atoms with Gasteiger partial charge in [0.2, 0.25) is 0 Å². The molecular formula is C11H9ClFNOS. The van der Waals surface area contributed by atoms with E-state index in [2.05, 4.69) is 4.98 Å². The highest BCUT2D eigenvalue weighted by Crippen LogP contribution is 2.32. The largest absolute Gasteiger partial charge is 0.396 e. The van der Waals surface area contributed by atoms with Crippen molar-refractivity contribution in [2.24, 2.45) is 0 Å². The quantitative estimate of drug-likeness (QED) is 0.916. The van der Waals surface area contributed by atoms with Gasteiger partial charge in [0.05, 0.1) is 0 Å². The number of aliphatic hydroxyl groups is 1. The molecule has 0 saturated heterocycles. The molecule has 1 N–H and O–H groups in total. The third-order valence-corrected chi connectivity index (χ3v) is 3.67. The van der Waals surface area contributed by atoms with Crippen LogP contribution in [0, 0.1) is 5.82 Å². The Balaban J connectivity index is 2.42. The normalized spacial score (nSPS) is 10.7. The number of benzene rings is 1. The van der Waals surface area contributed by atoms with E-state index in [1.807, 2.05) is 0 Å². The Hall–Kier alpha value is -0.970. The van der Waals surface area contributed by atoms with Crippen molar-refractivity contribution in [1.82, 2.24) is 4.98 Å². The second kappa shape index (κ2) is 4.91. The lowest BCUT2D eigenvalue weighted by atomic mass is 10.2. The summed E-state index contributed by atoms with van der Waals surface area (Å²) in [7, 11) is 0. The monoisotopic (exact) mass is 257 g/mol. The Bertz CT molecular complexity index is 500. The third-order valence-electron chi connectivity index (χ3n) is 2.09. The molecule has 2 rings (SSSR count). The fourth-order valence-electron chi connectivity index (χ4n) is 1.34. The maximum Gasteiger partial charge on any atom is 0.143 e. The Morgan fingerprint density at radius 1 is 1.38 bits per heavy atom. The average Bonchev–Trinajstić information content (AvgIpc) is 2.61. The summed E-state index contributed by atoms with van der Waals surface area (Å²) in [6, 6.07) is 6.42. The lowest BCUT2D eigenvalue weighted by Crippen LogP contribution is -1.86. The first kappa shape index (κ1) is 11.5. The molecule has 1 aromatic heterocycles. The van der Waals surface area contributed by atoms with Gasteiger partial charge in [-0.1, -0.05) is 23.7 Å². The average molecular weight is 258 g/mol. The lowest BCUT2D eigenvalue weighted by Gasteiger charge is -1.96. The molecule has 0 unspecified atom stereocenters. The van der Waals surface area contributed by atoms with Crippen LogP contribution in [0.15, 0.2) is 24.3 Å². The van der Waals surface area contributed by atoms with Crippen LogP contribution in [0.2, 0.25) is 5.15 Å². The SMILES string of the molecule is OCCc1sc(-c2ccccc2F)nc1Cl. The Morgan fingerprint density at radius 3 is 2.81 bits per heavy atom. The van der Waals surface area contributed by atoms with Crippen molar-refractivity contribution in [3.8, 4) is 10.6 Å². The molecule has 5 heteroatoms. The number of hydrogen-bond acceptors (Lipinski definition) is 3. The highest BCUT2D eigenvalue weighted by molar-refractivity contribution is 7.15. The second-order valence-electron chi connectivity index (χ2n) is 3.19. The van der Waals surface area contributed by atoms with Crippen LogP contribution in [0.1, 0.15) is 4.88 Å². The van der Waals surface area contributed by atoms with Crippen molar-refractivity contribution in [2.45, 2.75) is 6.42 Å². The van der Waals surface area contributed by atoms with E-state index >= 15 is 0 Å². The molecule has 0 aliphatic rings. The van der Waals surface area contributed by atoms with E-state index in [1.165, 1.54) is 17.4 Å². The predicted octanol–water partition coefficient (Wildman–Crippen LogP) is 3.14. The van der Waals surface area contributed by atoms with Gasteiger partial charge in [-0.25, -0.2) is 9.37 Å². The molecule has 0 spiro atoms. The van der Waals surface area contributed by atoms with Gasteiger partial charge in [-0.2, -0.15) is 0 Å². The smallest absolute Gasteiger partial charge is 0.143 e. The minimum Gasteiger partial charge on any atom is -0.396 e. The van der Waals surface area contributed by atoms with Crippen molar-refractivity contribution < 1.29 is 9.50 Å². The predicted molar refractivity (Wildman–Crippen MR) is 63.3 cm³/mol. The second-order valence-corrected chi connectivity index (χ2v) is 4.63. The number of nitrogens with zero attached hydrogens (tertiary/aromatic N) is 1. The van der Waals surface area contributed by atoms with Gasteiger partial charge in [-0.05, 0) is 12.1 Å². The highest BCUT2D eigenvalue weighted by atomic mass is 35.5. The maximum absolute atomic E-state index is 13.5. The van der Waals surface area contributed by atoms with Gasteiger partial charge in [-0.3, -0.25) is 0 Å². The molecule has 1 heterocycles. The summed E-state index contributed by atoms with van der Waals surface area (Å²) in [4.78, 5) is 4.87. The molecule has 2 aromatic rings. The van der Waals surface area contributed by atoms with E-state index in [9.17, 15) is 4.39 Å². The van der Waals surface area contributed by atoms with Crippen LogP contribution < -0.4 is 0 Å². The molecule has 0 radical (unpaired) electrons. The molecule has 0 amide bonds. The van der Waals surface area contributed by atoms with Crippen LogP contribution in [-0.2, 0) is 6.42 Å². The highest BCUT2D eigenvalue weighted by Gasteiger charge is 2.12. The summed E-state index contributed by atoms with van der Waals surface area (Å²) in [6.07, 6.45) is 0.449. The zero-order valence-corrected chi connectivity index (χ0v) is 9.85. The van der Waals surface area contributed by atoms with Gasteiger partial charge in [0.25, 0.3) is 0 Å². The van der Waals surface area contributed by atoms with E-state index in [-0.39, 0.29) is 12.4 Å². The standard InChI is InChI=1S/C11H9ClFNOS/c12-10-9(5-6-15)16-11(14-10)7-3-1-2-4-8(7)13/h1-4,15H,5-6H2. The molecule has 0 saturated carbocycles. The topological polar surface area (TPSA) is 33.1 Å². The Kier molecular flexibility index (Phi) is 3.53. The molecule has 0 aliphatic carbocycles. The number of thiazole rings is 1. The van der Waals surface area contributed by atoms with Crippen molar-refractivity contribution in [1.29, 1.82) is 0 Å². The minimum absolute atomic E-state index is 0.0125. The fraction of sp³-hybridized carbons (Fsp3) is 0.182. The molecule has 0 fully saturated rings. The molecule has 1 aromatic carbocycles. The van der Waals surface area contributed by atoms with E-state index in [1.54, 1.807) is 18.2 Å². The number of halogens is 2. The van der Waals surface area contributed by atoms with E-state index in [4.69, 9.17) is 16.7 Å². The summed E-state index contributed by atoms with van der Waals surface area (Å²) in [5.41, 5.74) is 0.443. The molecular weight excluding hydrogens is 249 g/mol. The molecule has 16 heavy (non-hydrogen) atoms. The van der Waals surface area contributed by atoms with Crippen LogP contribution in [0.5, 0.6) is 0 Å². The van der Waals surface area contributed by atoms with Crippen LogP contribution in [0.4, 0.5) is 4.39 Å². The summed E-state index contributed by atoms with van der Waals surface area (Å²) >= 11 is 7.20. The Morgan fingerprint density at radius 2 is 2.12 bits per heavy atom. The van der Waals surface area contributed by atoms with Gasteiger partial charge in [0, 0.05) is 23.5 Å². The van der Waals surface area contributed by atoms with Crippen molar-refractivity contribution in [2.75, 3.05) is 6.61 Å². The first-order valence-electron chi connectivity index (χ1n) is 4.73. The van der Waals surface area contributed by atoms with E-state index in [0.29, 0.717) is 22.1 Å². The van der Waals surface area contributed by atoms with Crippen molar-refractivity contribution >= 4 is 22.9 Å². The van der Waals surface area contributed by atoms with Crippen LogP contribution in [0.25, 0.3) is 10.6 Å². The summed E-state index contributed by atoms with van der Waals surface area (Å²) in [6.45, 7) is 0.0125.